The first kappa shape index (κ1) is 25.9. The van der Waals surface area contributed by atoms with Crippen molar-refractivity contribution in [3.8, 4) is 16.9 Å². The van der Waals surface area contributed by atoms with Gasteiger partial charge in [-0.2, -0.15) is 18.3 Å². The van der Waals surface area contributed by atoms with Gasteiger partial charge in [-0.15, -0.1) is 0 Å². The maximum Gasteiger partial charge on any atom is 0.416 e. The Morgan fingerprint density at radius 1 is 1.00 bits per heavy atom. The number of ether oxygens (including phenoxy) is 1. The van der Waals surface area contributed by atoms with E-state index in [1.54, 1.807) is 54.6 Å². The number of aromatic nitrogens is 4. The van der Waals surface area contributed by atoms with Crippen molar-refractivity contribution in [3.63, 3.8) is 0 Å². The highest BCUT2D eigenvalue weighted by atomic mass is 35.5. The summed E-state index contributed by atoms with van der Waals surface area (Å²) >= 11 is 5.98. The van der Waals surface area contributed by atoms with E-state index in [0.29, 0.717) is 27.2 Å². The molecule has 8 nitrogen and oxygen atoms in total. The number of nitrogens with zero attached hydrogens (tertiary/aromatic N) is 4. The number of pyridine rings is 1. The number of alkyl halides is 3. The van der Waals surface area contributed by atoms with Crippen LogP contribution in [0.5, 0.6) is 0 Å². The maximum atomic E-state index is 13.3. The van der Waals surface area contributed by atoms with Gasteiger partial charge in [0.25, 0.3) is 5.91 Å². The largest absolute Gasteiger partial charge is 0.452 e. The van der Waals surface area contributed by atoms with Crippen LogP contribution in [0.4, 0.5) is 18.9 Å². The monoisotopic (exact) mass is 551 g/mol. The number of anilines is 1. The average molecular weight is 552 g/mol. The van der Waals surface area contributed by atoms with Gasteiger partial charge in [-0.05, 0) is 42.5 Å². The minimum Gasteiger partial charge on any atom is -0.452 e. The third-order valence-corrected chi connectivity index (χ3v) is 5.93. The molecular weight excluding hydrogens is 535 g/mol. The maximum absolute atomic E-state index is 13.3. The lowest BCUT2D eigenvalue weighted by Crippen LogP contribution is -2.22. The van der Waals surface area contributed by atoms with Crippen molar-refractivity contribution in [1.29, 1.82) is 0 Å². The average Bonchev–Trinajstić information content (AvgIpc) is 3.46. The van der Waals surface area contributed by atoms with Gasteiger partial charge in [-0.3, -0.25) is 4.79 Å². The van der Waals surface area contributed by atoms with Gasteiger partial charge < -0.3 is 10.1 Å². The zero-order valence-electron chi connectivity index (χ0n) is 19.8. The highest BCUT2D eigenvalue weighted by Gasteiger charge is 2.31. The Labute approximate surface area is 224 Å². The second-order valence-electron chi connectivity index (χ2n) is 8.27. The Bertz CT molecular complexity index is 1670. The van der Waals surface area contributed by atoms with Gasteiger partial charge >= 0.3 is 12.1 Å². The normalized spacial score (nSPS) is 11.4. The topological polar surface area (TPSA) is 99.0 Å². The summed E-state index contributed by atoms with van der Waals surface area (Å²) < 4.78 is 46.3. The smallest absolute Gasteiger partial charge is 0.416 e. The fourth-order valence-corrected chi connectivity index (χ4v) is 3.98. The third-order valence-electron chi connectivity index (χ3n) is 5.67. The summed E-state index contributed by atoms with van der Waals surface area (Å²) in [7, 11) is 0. The predicted molar refractivity (Wildman–Crippen MR) is 137 cm³/mol. The molecule has 0 atom stereocenters. The second-order valence-corrected chi connectivity index (χ2v) is 8.71. The molecular formula is C27H17ClF3N5O3. The SMILES string of the molecule is O=C(COC(=O)c1cc(-c2ccc(Cl)cc2)nc2ccccc12)Nc1cc(C(F)(F)F)ccc1-n1cncn1. The van der Waals surface area contributed by atoms with Crippen LogP contribution in [0.25, 0.3) is 27.8 Å². The number of benzene rings is 3. The lowest BCUT2D eigenvalue weighted by atomic mass is 10.0. The molecule has 5 aromatic rings. The van der Waals surface area contributed by atoms with Gasteiger partial charge in [0.1, 0.15) is 12.7 Å². The minimum atomic E-state index is -4.64. The molecule has 5 rings (SSSR count). The zero-order valence-corrected chi connectivity index (χ0v) is 20.6. The minimum absolute atomic E-state index is 0.146. The summed E-state index contributed by atoms with van der Waals surface area (Å²) in [5, 5.41) is 7.32. The fourth-order valence-electron chi connectivity index (χ4n) is 3.85. The van der Waals surface area contributed by atoms with Crippen molar-refractivity contribution in [1.82, 2.24) is 19.7 Å². The van der Waals surface area contributed by atoms with Crippen LogP contribution in [-0.2, 0) is 15.7 Å². The summed E-state index contributed by atoms with van der Waals surface area (Å²) in [6, 6.07) is 18.1. The van der Waals surface area contributed by atoms with Crippen molar-refractivity contribution >= 4 is 40.1 Å². The molecule has 1 amide bonds. The molecule has 0 fully saturated rings. The standard InChI is InChI=1S/C27H17ClF3N5O3/c28-18-8-5-16(6-9-18)22-12-20(19-3-1-2-4-21(19)34-22)26(38)39-13-25(37)35-23-11-17(27(29,30)31)7-10-24(23)36-15-32-14-33-36/h1-12,14-15H,13H2,(H,35,37). The van der Waals surface area contributed by atoms with E-state index in [0.717, 1.165) is 18.2 Å². The van der Waals surface area contributed by atoms with Gasteiger partial charge in [0.15, 0.2) is 6.61 Å². The highest BCUT2D eigenvalue weighted by molar-refractivity contribution is 6.30. The molecule has 3 aromatic carbocycles. The van der Waals surface area contributed by atoms with Crippen LogP contribution in [0.2, 0.25) is 5.02 Å². The molecule has 196 valence electrons. The molecule has 12 heteroatoms. The first-order valence-corrected chi connectivity index (χ1v) is 11.8. The number of amides is 1. The van der Waals surface area contributed by atoms with Crippen molar-refractivity contribution in [2.45, 2.75) is 6.18 Å². The summed E-state index contributed by atoms with van der Waals surface area (Å²) in [6.07, 6.45) is -2.18. The third kappa shape index (κ3) is 5.73. The second kappa shape index (κ2) is 10.5. The van der Waals surface area contributed by atoms with Gasteiger partial charge in [0.2, 0.25) is 0 Å². The highest BCUT2D eigenvalue weighted by Crippen LogP contribution is 2.33. The first-order valence-electron chi connectivity index (χ1n) is 11.4. The Hall–Kier alpha value is -4.77. The van der Waals surface area contributed by atoms with E-state index >= 15 is 0 Å². The molecule has 2 heterocycles. The van der Waals surface area contributed by atoms with Gasteiger partial charge in [0.05, 0.1) is 33.7 Å². The van der Waals surface area contributed by atoms with E-state index in [1.807, 2.05) is 0 Å². The van der Waals surface area contributed by atoms with Crippen LogP contribution in [0.15, 0.2) is 85.5 Å². The van der Waals surface area contributed by atoms with Crippen LogP contribution in [-0.4, -0.2) is 38.2 Å². The number of carbonyl (C=O) groups is 2. The number of halogens is 4. The summed E-state index contributed by atoms with van der Waals surface area (Å²) in [4.78, 5) is 34.1. The lowest BCUT2D eigenvalue weighted by molar-refractivity contribution is -0.137. The summed E-state index contributed by atoms with van der Waals surface area (Å²) in [5.74, 6) is -1.65. The number of esters is 1. The molecule has 0 saturated carbocycles. The van der Waals surface area contributed by atoms with Crippen molar-refractivity contribution in [2.75, 3.05) is 11.9 Å². The molecule has 0 unspecified atom stereocenters. The van der Waals surface area contributed by atoms with Gasteiger partial charge in [0, 0.05) is 16.0 Å². The van der Waals surface area contributed by atoms with Crippen LogP contribution >= 0.6 is 11.6 Å². The van der Waals surface area contributed by atoms with E-state index < -0.39 is 30.2 Å². The molecule has 0 aliphatic heterocycles. The summed E-state index contributed by atoms with van der Waals surface area (Å²) in [6.45, 7) is -0.751. The number of para-hydroxylation sites is 1. The molecule has 1 N–H and O–H groups in total. The Morgan fingerprint density at radius 3 is 2.49 bits per heavy atom. The molecule has 0 radical (unpaired) electrons. The first-order chi connectivity index (χ1) is 18.7. The molecule has 0 saturated heterocycles. The summed E-state index contributed by atoms with van der Waals surface area (Å²) in [5.41, 5.74) is 0.883. The van der Waals surface area contributed by atoms with E-state index in [4.69, 9.17) is 16.3 Å². The molecule has 39 heavy (non-hydrogen) atoms. The van der Waals surface area contributed by atoms with Crippen LogP contribution < -0.4 is 5.32 Å². The number of hydrogen-bond donors (Lipinski definition) is 1. The Morgan fingerprint density at radius 2 is 1.77 bits per heavy atom. The van der Waals surface area contributed by atoms with Crippen molar-refractivity contribution < 1.29 is 27.5 Å². The van der Waals surface area contributed by atoms with Crippen molar-refractivity contribution in [2.24, 2.45) is 0 Å². The predicted octanol–water partition coefficient (Wildman–Crippen LogP) is 5.95. The number of rotatable bonds is 6. The Balaban J connectivity index is 1.38. The Kier molecular flexibility index (Phi) is 6.99. The van der Waals surface area contributed by atoms with E-state index in [2.05, 4.69) is 20.4 Å². The van der Waals surface area contributed by atoms with Crippen LogP contribution in [0.3, 0.4) is 0 Å². The molecule has 2 aromatic heterocycles. The fraction of sp³-hybridized carbons (Fsp3) is 0.0741. The van der Waals surface area contributed by atoms with Crippen LogP contribution in [0, 0.1) is 0 Å². The van der Waals surface area contributed by atoms with E-state index in [9.17, 15) is 22.8 Å². The molecule has 0 bridgehead atoms. The number of hydrogen-bond acceptors (Lipinski definition) is 6. The number of fused-ring (bicyclic) bond motifs is 1. The van der Waals surface area contributed by atoms with E-state index in [-0.39, 0.29) is 16.9 Å². The number of carbonyl (C=O) groups excluding carboxylic acids is 2. The van der Waals surface area contributed by atoms with Crippen LogP contribution in [0.1, 0.15) is 15.9 Å². The van der Waals surface area contributed by atoms with E-state index in [1.165, 1.54) is 17.3 Å². The molecule has 0 spiro atoms. The number of nitrogens with one attached hydrogen (secondary N) is 1. The van der Waals surface area contributed by atoms with Gasteiger partial charge in [-0.1, -0.05) is 41.9 Å². The van der Waals surface area contributed by atoms with Crippen molar-refractivity contribution in [3.05, 3.63) is 102 Å². The molecule has 0 aliphatic rings. The lowest BCUT2D eigenvalue weighted by Gasteiger charge is -2.15. The molecule has 0 aliphatic carbocycles. The van der Waals surface area contributed by atoms with Gasteiger partial charge in [-0.25, -0.2) is 19.4 Å². The zero-order chi connectivity index (χ0) is 27.6. The quantitative estimate of drug-likeness (QED) is 0.262.